The van der Waals surface area contributed by atoms with Crippen LogP contribution in [0.5, 0.6) is 0 Å². The number of rotatable bonds is 5. The first kappa shape index (κ1) is 13.2. The van der Waals surface area contributed by atoms with Crippen LogP contribution in [0.25, 0.3) is 12.2 Å². The molecule has 0 aliphatic heterocycles. The average molecular weight is 231 g/mol. The van der Waals surface area contributed by atoms with Crippen LogP contribution in [0.4, 0.5) is 0 Å². The number of benzene rings is 1. The van der Waals surface area contributed by atoms with E-state index >= 15 is 0 Å². The third-order valence-corrected chi connectivity index (χ3v) is 2.18. The Balaban J connectivity index is 2.61. The summed E-state index contributed by atoms with van der Waals surface area (Å²) in [6.07, 6.45) is 7.24. The summed E-state index contributed by atoms with van der Waals surface area (Å²) in [7, 11) is 3.27. The van der Waals surface area contributed by atoms with E-state index in [2.05, 4.69) is 16.1 Å². The maximum atomic E-state index is 10.9. The molecule has 3 nitrogen and oxygen atoms in total. The lowest BCUT2D eigenvalue weighted by Gasteiger charge is -1.96. The first-order valence-corrected chi connectivity index (χ1v) is 5.43. The topological polar surface area (TPSA) is 38.3 Å². The molecule has 1 N–H and O–H groups in total. The predicted octanol–water partition coefficient (Wildman–Crippen LogP) is 2.11. The van der Waals surface area contributed by atoms with E-state index in [9.17, 15) is 4.79 Å². The van der Waals surface area contributed by atoms with Crippen molar-refractivity contribution >= 4 is 18.1 Å². The van der Waals surface area contributed by atoms with Crippen molar-refractivity contribution in [1.82, 2.24) is 5.32 Å². The molecule has 0 aliphatic carbocycles. The summed E-state index contributed by atoms with van der Waals surface area (Å²) in [6, 6.07) is 7.92. The van der Waals surface area contributed by atoms with Gasteiger partial charge in [-0.15, -0.1) is 0 Å². The van der Waals surface area contributed by atoms with Crippen molar-refractivity contribution in [2.24, 2.45) is 0 Å². The highest BCUT2D eigenvalue weighted by Crippen LogP contribution is 2.07. The molecule has 1 aromatic rings. The number of hydrogen-bond donors (Lipinski definition) is 1. The number of esters is 1. The number of carbonyl (C=O) groups is 1. The van der Waals surface area contributed by atoms with Crippen molar-refractivity contribution in [3.05, 3.63) is 47.5 Å². The minimum atomic E-state index is -0.344. The van der Waals surface area contributed by atoms with Crippen molar-refractivity contribution in [3.63, 3.8) is 0 Å². The summed E-state index contributed by atoms with van der Waals surface area (Å²) in [5, 5.41) is 3.04. The zero-order chi connectivity index (χ0) is 12.5. The van der Waals surface area contributed by atoms with Crippen molar-refractivity contribution in [3.8, 4) is 0 Å². The number of hydrogen-bond acceptors (Lipinski definition) is 3. The van der Waals surface area contributed by atoms with Crippen LogP contribution < -0.4 is 5.32 Å². The monoisotopic (exact) mass is 231 g/mol. The Bertz CT molecular complexity index is 405. The molecule has 0 fully saturated rings. The van der Waals surface area contributed by atoms with Crippen LogP contribution >= 0.6 is 0 Å². The standard InChI is InChI=1S/C14H17NO2/c1-15-11-3-4-12-5-7-13(8-6-12)9-10-14(16)17-2/h3-10,15H,11H2,1-2H3/b4-3?,10-9+. The Morgan fingerprint density at radius 3 is 2.35 bits per heavy atom. The van der Waals surface area contributed by atoms with Crippen molar-refractivity contribution in [1.29, 1.82) is 0 Å². The Hall–Kier alpha value is -1.87. The van der Waals surface area contributed by atoms with Gasteiger partial charge in [-0.1, -0.05) is 36.4 Å². The molecule has 3 heteroatoms. The van der Waals surface area contributed by atoms with Crippen LogP contribution in [0, 0.1) is 0 Å². The van der Waals surface area contributed by atoms with E-state index in [0.717, 1.165) is 17.7 Å². The van der Waals surface area contributed by atoms with E-state index in [4.69, 9.17) is 0 Å². The first-order valence-electron chi connectivity index (χ1n) is 5.43. The summed E-state index contributed by atoms with van der Waals surface area (Å²) < 4.78 is 4.52. The smallest absolute Gasteiger partial charge is 0.330 e. The number of methoxy groups -OCH3 is 1. The molecule has 1 aromatic carbocycles. The minimum Gasteiger partial charge on any atom is -0.466 e. The molecule has 0 radical (unpaired) electrons. The molecule has 0 aliphatic rings. The lowest BCUT2D eigenvalue weighted by Crippen LogP contribution is -2.03. The minimum absolute atomic E-state index is 0.344. The van der Waals surface area contributed by atoms with Gasteiger partial charge in [-0.2, -0.15) is 0 Å². The van der Waals surface area contributed by atoms with Gasteiger partial charge >= 0.3 is 5.97 Å². The SMILES string of the molecule is CNCC=Cc1ccc(/C=C/C(=O)OC)cc1. The van der Waals surface area contributed by atoms with E-state index < -0.39 is 0 Å². The van der Waals surface area contributed by atoms with Gasteiger partial charge in [0.15, 0.2) is 0 Å². The molecule has 0 bridgehead atoms. The van der Waals surface area contributed by atoms with Crippen LogP contribution in [-0.2, 0) is 9.53 Å². The third-order valence-electron chi connectivity index (χ3n) is 2.18. The number of carbonyl (C=O) groups excluding carboxylic acids is 1. The van der Waals surface area contributed by atoms with E-state index in [0.29, 0.717) is 0 Å². The van der Waals surface area contributed by atoms with Gasteiger partial charge in [0.25, 0.3) is 0 Å². The summed E-state index contributed by atoms with van der Waals surface area (Å²) in [5.74, 6) is -0.344. The average Bonchev–Trinajstić information content (AvgIpc) is 2.37. The third kappa shape index (κ3) is 5.13. The highest BCUT2D eigenvalue weighted by Gasteiger charge is 1.92. The number of nitrogens with one attached hydrogen (secondary N) is 1. The second-order valence-corrected chi connectivity index (χ2v) is 3.48. The molecule has 0 amide bonds. The molecule has 90 valence electrons. The van der Waals surface area contributed by atoms with Crippen molar-refractivity contribution < 1.29 is 9.53 Å². The Morgan fingerprint density at radius 2 is 1.82 bits per heavy atom. The number of ether oxygens (including phenoxy) is 1. The van der Waals surface area contributed by atoms with Crippen LogP contribution in [0.3, 0.4) is 0 Å². The van der Waals surface area contributed by atoms with Crippen LogP contribution in [-0.4, -0.2) is 26.7 Å². The van der Waals surface area contributed by atoms with Crippen LogP contribution in [0.1, 0.15) is 11.1 Å². The lowest BCUT2D eigenvalue weighted by molar-refractivity contribution is -0.134. The second-order valence-electron chi connectivity index (χ2n) is 3.48. The quantitative estimate of drug-likeness (QED) is 0.623. The van der Waals surface area contributed by atoms with Gasteiger partial charge in [0.2, 0.25) is 0 Å². The summed E-state index contributed by atoms with van der Waals surface area (Å²) in [6.45, 7) is 0.851. The maximum absolute atomic E-state index is 10.9. The van der Waals surface area contributed by atoms with Gasteiger partial charge in [0.1, 0.15) is 0 Å². The number of likely N-dealkylation sites (N-methyl/N-ethyl adjacent to an activating group) is 1. The molecule has 0 saturated carbocycles. The Morgan fingerprint density at radius 1 is 1.24 bits per heavy atom. The molecule has 0 unspecified atom stereocenters. The largest absolute Gasteiger partial charge is 0.466 e. The molecule has 0 spiro atoms. The highest BCUT2D eigenvalue weighted by molar-refractivity contribution is 5.86. The summed E-state index contributed by atoms with van der Waals surface area (Å²) in [4.78, 5) is 10.9. The van der Waals surface area contributed by atoms with Gasteiger partial charge in [-0.3, -0.25) is 0 Å². The van der Waals surface area contributed by atoms with Crippen LogP contribution in [0.2, 0.25) is 0 Å². The normalized spacial score (nSPS) is 11.2. The molecule has 0 atom stereocenters. The maximum Gasteiger partial charge on any atom is 0.330 e. The van der Waals surface area contributed by atoms with E-state index in [-0.39, 0.29) is 5.97 Å². The van der Waals surface area contributed by atoms with E-state index in [1.54, 1.807) is 6.08 Å². The second kappa shape index (κ2) is 7.41. The molecule has 1 rings (SSSR count). The fourth-order valence-electron chi connectivity index (χ4n) is 1.26. The summed E-state index contributed by atoms with van der Waals surface area (Å²) >= 11 is 0. The molecule has 0 heterocycles. The van der Waals surface area contributed by atoms with Gasteiger partial charge in [-0.25, -0.2) is 4.79 Å². The van der Waals surface area contributed by atoms with Gasteiger partial charge in [-0.05, 0) is 24.3 Å². The zero-order valence-corrected chi connectivity index (χ0v) is 10.1. The fraction of sp³-hybridized carbons (Fsp3) is 0.214. The van der Waals surface area contributed by atoms with Gasteiger partial charge < -0.3 is 10.1 Å². The summed E-state index contributed by atoms with van der Waals surface area (Å²) in [5.41, 5.74) is 2.11. The van der Waals surface area contributed by atoms with Crippen molar-refractivity contribution in [2.45, 2.75) is 0 Å². The molecule has 0 saturated heterocycles. The lowest BCUT2D eigenvalue weighted by atomic mass is 10.1. The predicted molar refractivity (Wildman–Crippen MR) is 70.5 cm³/mol. The molecular formula is C14H17NO2. The first-order chi connectivity index (χ1) is 8.26. The highest BCUT2D eigenvalue weighted by atomic mass is 16.5. The van der Waals surface area contributed by atoms with Crippen molar-refractivity contribution in [2.75, 3.05) is 20.7 Å². The van der Waals surface area contributed by atoms with Crippen LogP contribution in [0.15, 0.2) is 36.4 Å². The molecular weight excluding hydrogens is 214 g/mol. The Labute approximate surface area is 102 Å². The zero-order valence-electron chi connectivity index (χ0n) is 10.1. The van der Waals surface area contributed by atoms with Gasteiger partial charge in [0, 0.05) is 12.6 Å². The Kier molecular flexibility index (Phi) is 5.75. The fourth-order valence-corrected chi connectivity index (χ4v) is 1.26. The molecule has 17 heavy (non-hydrogen) atoms. The van der Waals surface area contributed by atoms with E-state index in [1.807, 2.05) is 37.4 Å². The molecule has 0 aromatic heterocycles. The van der Waals surface area contributed by atoms with Gasteiger partial charge in [0.05, 0.1) is 7.11 Å². The van der Waals surface area contributed by atoms with E-state index in [1.165, 1.54) is 13.2 Å².